The molecule has 102 valence electrons. The molecular weight excluding hydrogens is 252 g/mol. The number of nitrogens with one attached hydrogen (secondary N) is 1. The first kappa shape index (κ1) is 13.8. The molecule has 20 heavy (non-hydrogen) atoms. The molecule has 0 radical (unpaired) electrons. The normalized spacial score (nSPS) is 10.4. The molecule has 4 heteroatoms. The summed E-state index contributed by atoms with van der Waals surface area (Å²) in [6.45, 7) is 1.93. The number of hydrazone groups is 1. The van der Waals surface area contributed by atoms with Crippen LogP contribution in [-0.4, -0.2) is 18.7 Å². The lowest BCUT2D eigenvalue weighted by molar-refractivity contribution is -0.123. The molecule has 0 saturated carbocycles. The fraction of sp³-hybridized carbons (Fsp3) is 0.125. The lowest BCUT2D eigenvalue weighted by atomic mass is 10.2. The second kappa shape index (κ2) is 7.09. The van der Waals surface area contributed by atoms with Crippen LogP contribution in [0.15, 0.2) is 59.7 Å². The Kier molecular flexibility index (Phi) is 4.89. The highest BCUT2D eigenvalue weighted by atomic mass is 16.5. The van der Waals surface area contributed by atoms with E-state index in [0.717, 1.165) is 11.1 Å². The first-order valence-electron chi connectivity index (χ1n) is 6.30. The highest BCUT2D eigenvalue weighted by molar-refractivity contribution is 5.82. The van der Waals surface area contributed by atoms with Crippen LogP contribution in [0.25, 0.3) is 0 Å². The Labute approximate surface area is 118 Å². The first-order valence-corrected chi connectivity index (χ1v) is 6.30. The maximum absolute atomic E-state index is 11.5. The van der Waals surface area contributed by atoms with Crippen LogP contribution in [0.4, 0.5) is 0 Å². The quantitative estimate of drug-likeness (QED) is 0.669. The maximum atomic E-state index is 11.5. The molecule has 0 bridgehead atoms. The number of carbonyl (C=O) groups excluding carboxylic acids is 1. The van der Waals surface area contributed by atoms with Crippen LogP contribution in [0, 0.1) is 6.92 Å². The number of rotatable bonds is 5. The van der Waals surface area contributed by atoms with Gasteiger partial charge in [-0.05, 0) is 24.6 Å². The Hall–Kier alpha value is -2.62. The van der Waals surface area contributed by atoms with Gasteiger partial charge < -0.3 is 4.74 Å². The lowest BCUT2D eigenvalue weighted by Crippen LogP contribution is -2.24. The molecule has 0 aliphatic rings. The van der Waals surface area contributed by atoms with E-state index in [1.54, 1.807) is 6.21 Å². The second-order valence-corrected chi connectivity index (χ2v) is 4.31. The molecule has 0 spiro atoms. The van der Waals surface area contributed by atoms with Crippen molar-refractivity contribution in [3.63, 3.8) is 0 Å². The number of nitrogens with zero attached hydrogens (tertiary/aromatic N) is 1. The summed E-state index contributed by atoms with van der Waals surface area (Å²) in [5, 5.41) is 3.86. The number of amides is 1. The van der Waals surface area contributed by atoms with Gasteiger partial charge in [0.05, 0.1) is 6.21 Å². The summed E-state index contributed by atoms with van der Waals surface area (Å²) >= 11 is 0. The largest absolute Gasteiger partial charge is 0.484 e. The Morgan fingerprint density at radius 1 is 1.15 bits per heavy atom. The standard InChI is InChI=1S/C16H16N2O2/c1-13-7-9-15(10-8-13)20-12-16(19)18-17-11-14-5-3-2-4-6-14/h2-11H,12H2,1H3,(H,18,19)/b17-11-. The molecule has 1 N–H and O–H groups in total. The number of carbonyl (C=O) groups is 1. The van der Waals surface area contributed by atoms with Crippen molar-refractivity contribution in [1.29, 1.82) is 0 Å². The van der Waals surface area contributed by atoms with Crippen LogP contribution in [0.2, 0.25) is 0 Å². The molecule has 2 aromatic rings. The van der Waals surface area contributed by atoms with Crippen LogP contribution >= 0.6 is 0 Å². The summed E-state index contributed by atoms with van der Waals surface area (Å²) < 4.78 is 5.34. The maximum Gasteiger partial charge on any atom is 0.277 e. The van der Waals surface area contributed by atoms with Gasteiger partial charge in [0, 0.05) is 0 Å². The molecule has 0 fully saturated rings. The van der Waals surface area contributed by atoms with Crippen molar-refractivity contribution in [2.75, 3.05) is 6.61 Å². The summed E-state index contributed by atoms with van der Waals surface area (Å²) in [6.07, 6.45) is 1.59. The molecule has 0 heterocycles. The fourth-order valence-corrected chi connectivity index (χ4v) is 1.53. The van der Waals surface area contributed by atoms with Gasteiger partial charge in [0.25, 0.3) is 5.91 Å². The average Bonchev–Trinajstić information content (AvgIpc) is 2.48. The van der Waals surface area contributed by atoms with Crippen LogP contribution in [-0.2, 0) is 4.79 Å². The van der Waals surface area contributed by atoms with Crippen molar-refractivity contribution >= 4 is 12.1 Å². The van der Waals surface area contributed by atoms with Gasteiger partial charge in [0.1, 0.15) is 5.75 Å². The molecule has 0 aliphatic heterocycles. The zero-order valence-corrected chi connectivity index (χ0v) is 11.2. The Morgan fingerprint density at radius 3 is 2.55 bits per heavy atom. The van der Waals surface area contributed by atoms with Gasteiger partial charge in [-0.25, -0.2) is 5.43 Å². The van der Waals surface area contributed by atoms with E-state index in [9.17, 15) is 4.79 Å². The zero-order valence-electron chi connectivity index (χ0n) is 11.2. The van der Waals surface area contributed by atoms with Crippen LogP contribution in [0.1, 0.15) is 11.1 Å². The van der Waals surface area contributed by atoms with Crippen molar-refractivity contribution in [2.45, 2.75) is 6.92 Å². The predicted octanol–water partition coefficient (Wildman–Crippen LogP) is 2.52. The second-order valence-electron chi connectivity index (χ2n) is 4.31. The van der Waals surface area contributed by atoms with E-state index in [2.05, 4.69) is 10.5 Å². The van der Waals surface area contributed by atoms with Crippen molar-refractivity contribution in [2.24, 2.45) is 5.10 Å². The van der Waals surface area contributed by atoms with Gasteiger partial charge in [-0.3, -0.25) is 4.79 Å². The van der Waals surface area contributed by atoms with Crippen LogP contribution in [0.3, 0.4) is 0 Å². The number of ether oxygens (including phenoxy) is 1. The fourth-order valence-electron chi connectivity index (χ4n) is 1.53. The minimum absolute atomic E-state index is 0.0603. The summed E-state index contributed by atoms with van der Waals surface area (Å²) in [7, 11) is 0. The molecule has 0 aliphatic carbocycles. The van der Waals surface area contributed by atoms with E-state index in [4.69, 9.17) is 4.74 Å². The lowest BCUT2D eigenvalue weighted by Gasteiger charge is -2.04. The van der Waals surface area contributed by atoms with Gasteiger partial charge in [-0.15, -0.1) is 0 Å². The number of aryl methyl sites for hydroxylation is 1. The van der Waals surface area contributed by atoms with E-state index >= 15 is 0 Å². The van der Waals surface area contributed by atoms with Crippen molar-refractivity contribution in [1.82, 2.24) is 5.43 Å². The van der Waals surface area contributed by atoms with E-state index in [-0.39, 0.29) is 12.5 Å². The molecule has 1 amide bonds. The summed E-state index contributed by atoms with van der Waals surface area (Å²) in [5.74, 6) is 0.371. The van der Waals surface area contributed by atoms with Crippen molar-refractivity contribution in [3.05, 3.63) is 65.7 Å². The molecule has 4 nitrogen and oxygen atoms in total. The predicted molar refractivity (Wildman–Crippen MR) is 78.9 cm³/mol. The van der Waals surface area contributed by atoms with Crippen molar-refractivity contribution in [3.8, 4) is 5.75 Å². The van der Waals surface area contributed by atoms with Gasteiger partial charge in [-0.1, -0.05) is 48.0 Å². The van der Waals surface area contributed by atoms with Gasteiger partial charge >= 0.3 is 0 Å². The minimum Gasteiger partial charge on any atom is -0.484 e. The van der Waals surface area contributed by atoms with E-state index in [1.807, 2.05) is 61.5 Å². The third kappa shape index (κ3) is 4.57. The van der Waals surface area contributed by atoms with Crippen LogP contribution in [0.5, 0.6) is 5.75 Å². The molecular formula is C16H16N2O2. The highest BCUT2D eigenvalue weighted by Gasteiger charge is 2.00. The molecule has 0 unspecified atom stereocenters. The Balaban J connectivity index is 1.76. The smallest absolute Gasteiger partial charge is 0.277 e. The zero-order chi connectivity index (χ0) is 14.2. The first-order chi connectivity index (χ1) is 9.74. The Bertz CT molecular complexity index is 577. The van der Waals surface area contributed by atoms with E-state index in [0.29, 0.717) is 5.75 Å². The van der Waals surface area contributed by atoms with Gasteiger partial charge in [0.2, 0.25) is 0 Å². The van der Waals surface area contributed by atoms with Gasteiger partial charge in [-0.2, -0.15) is 5.10 Å². The number of hydrogen-bond acceptors (Lipinski definition) is 3. The summed E-state index contributed by atoms with van der Waals surface area (Å²) in [5.41, 5.74) is 4.49. The third-order valence-electron chi connectivity index (χ3n) is 2.59. The third-order valence-corrected chi connectivity index (χ3v) is 2.59. The Morgan fingerprint density at radius 2 is 1.85 bits per heavy atom. The van der Waals surface area contributed by atoms with Crippen LogP contribution < -0.4 is 10.2 Å². The van der Waals surface area contributed by atoms with E-state index < -0.39 is 0 Å². The van der Waals surface area contributed by atoms with Gasteiger partial charge in [0.15, 0.2) is 6.61 Å². The summed E-state index contributed by atoms with van der Waals surface area (Å²) in [4.78, 5) is 11.5. The summed E-state index contributed by atoms with van der Waals surface area (Å²) in [6, 6.07) is 17.1. The SMILES string of the molecule is Cc1ccc(OCC(=O)N/N=C\c2ccccc2)cc1. The molecule has 2 rings (SSSR count). The molecule has 0 saturated heterocycles. The monoisotopic (exact) mass is 268 g/mol. The highest BCUT2D eigenvalue weighted by Crippen LogP contribution is 2.10. The van der Waals surface area contributed by atoms with Crippen molar-refractivity contribution < 1.29 is 9.53 Å². The molecule has 0 aromatic heterocycles. The molecule has 2 aromatic carbocycles. The molecule has 0 atom stereocenters. The number of benzene rings is 2. The average molecular weight is 268 g/mol. The van der Waals surface area contributed by atoms with E-state index in [1.165, 1.54) is 0 Å². The topological polar surface area (TPSA) is 50.7 Å². The number of hydrogen-bond donors (Lipinski definition) is 1. The minimum atomic E-state index is -0.294.